The highest BCUT2D eigenvalue weighted by molar-refractivity contribution is 5.99. The molecule has 0 fully saturated rings. The molecule has 0 aliphatic rings. The Balaban J connectivity index is 4.18. The summed E-state index contributed by atoms with van der Waals surface area (Å²) in [5.41, 5.74) is -1.16. The molecule has 4 nitrogen and oxygen atoms in total. The predicted octanol–water partition coefficient (Wildman–Crippen LogP) is 12.7. The summed E-state index contributed by atoms with van der Waals surface area (Å²) in [6, 6.07) is 0. The van der Waals surface area contributed by atoms with Crippen LogP contribution in [0.2, 0.25) is 0 Å². The smallest absolute Gasteiger partial charge is 0.323 e. The minimum atomic E-state index is -1.16. The zero-order chi connectivity index (χ0) is 33.1. The summed E-state index contributed by atoms with van der Waals surface area (Å²) in [5.74, 6) is -0.862. The van der Waals surface area contributed by atoms with Crippen LogP contribution in [0.5, 0.6) is 0 Å². The Morgan fingerprint density at radius 1 is 0.422 bits per heavy atom. The first kappa shape index (κ1) is 42.9. The van der Waals surface area contributed by atoms with Crippen LogP contribution in [0.3, 0.4) is 0 Å². The number of hydrogen-bond acceptors (Lipinski definition) is 4. The molecular formula is C41H72O4. The standard InChI is InChI=1S/C41H72O4/c1-5-7-9-11-13-15-17-19-21-23-25-27-29-31-33-35-37-41(39(42)44-3,40(43)45-4)38-36-34-32-30-28-26-24-22-20-18-16-14-12-10-8-6-2/h13-16,19-22H,5-12,17-18,23-38H2,1-4H3/b15-13-,16-14-,21-19-,22-20-. The molecule has 260 valence electrons. The molecule has 0 unspecified atom stereocenters. The van der Waals surface area contributed by atoms with Crippen LogP contribution in [0.15, 0.2) is 48.6 Å². The van der Waals surface area contributed by atoms with Crippen LogP contribution in [-0.4, -0.2) is 26.2 Å². The molecule has 0 radical (unpaired) electrons. The van der Waals surface area contributed by atoms with Crippen molar-refractivity contribution in [2.75, 3.05) is 14.2 Å². The Kier molecular flexibility index (Phi) is 31.7. The number of allylic oxidation sites excluding steroid dienone is 8. The van der Waals surface area contributed by atoms with E-state index in [4.69, 9.17) is 9.47 Å². The van der Waals surface area contributed by atoms with Crippen molar-refractivity contribution in [3.8, 4) is 0 Å². The van der Waals surface area contributed by atoms with Gasteiger partial charge in [-0.2, -0.15) is 0 Å². The topological polar surface area (TPSA) is 52.6 Å². The Hall–Kier alpha value is -2.10. The first-order chi connectivity index (χ1) is 22.1. The quantitative estimate of drug-likeness (QED) is 0.0322. The summed E-state index contributed by atoms with van der Waals surface area (Å²) in [4.78, 5) is 25.7. The van der Waals surface area contributed by atoms with E-state index in [2.05, 4.69) is 62.5 Å². The van der Waals surface area contributed by atoms with E-state index in [-0.39, 0.29) is 0 Å². The molecule has 45 heavy (non-hydrogen) atoms. The van der Waals surface area contributed by atoms with Gasteiger partial charge in [0.15, 0.2) is 5.41 Å². The van der Waals surface area contributed by atoms with E-state index in [9.17, 15) is 9.59 Å². The summed E-state index contributed by atoms with van der Waals surface area (Å²) < 4.78 is 10.3. The van der Waals surface area contributed by atoms with Crippen molar-refractivity contribution in [2.45, 2.75) is 181 Å². The van der Waals surface area contributed by atoms with Crippen LogP contribution >= 0.6 is 0 Å². The minimum absolute atomic E-state index is 0.431. The van der Waals surface area contributed by atoms with Crippen molar-refractivity contribution < 1.29 is 19.1 Å². The van der Waals surface area contributed by atoms with E-state index in [1.165, 1.54) is 104 Å². The Bertz CT molecular complexity index is 725. The van der Waals surface area contributed by atoms with Crippen molar-refractivity contribution in [3.63, 3.8) is 0 Å². The number of carbonyl (C=O) groups is 2. The minimum Gasteiger partial charge on any atom is -0.468 e. The summed E-state index contributed by atoms with van der Waals surface area (Å²) in [6.45, 7) is 4.49. The van der Waals surface area contributed by atoms with Gasteiger partial charge in [0.1, 0.15) is 0 Å². The highest BCUT2D eigenvalue weighted by Crippen LogP contribution is 2.35. The monoisotopic (exact) mass is 629 g/mol. The Morgan fingerprint density at radius 2 is 0.711 bits per heavy atom. The van der Waals surface area contributed by atoms with Crippen LogP contribution in [-0.2, 0) is 19.1 Å². The first-order valence-corrected chi connectivity index (χ1v) is 18.9. The zero-order valence-electron chi connectivity index (χ0n) is 30.1. The van der Waals surface area contributed by atoms with Gasteiger partial charge in [0.25, 0.3) is 0 Å². The number of esters is 2. The van der Waals surface area contributed by atoms with Gasteiger partial charge in [0.2, 0.25) is 0 Å². The average Bonchev–Trinajstić information content (AvgIpc) is 3.06. The van der Waals surface area contributed by atoms with Crippen molar-refractivity contribution in [1.82, 2.24) is 0 Å². The van der Waals surface area contributed by atoms with Crippen LogP contribution in [0.1, 0.15) is 181 Å². The maximum Gasteiger partial charge on any atom is 0.323 e. The third-order valence-corrected chi connectivity index (χ3v) is 8.76. The second-order valence-corrected chi connectivity index (χ2v) is 12.7. The molecule has 0 atom stereocenters. The largest absolute Gasteiger partial charge is 0.468 e. The number of ether oxygens (including phenoxy) is 2. The van der Waals surface area contributed by atoms with Crippen LogP contribution in [0.25, 0.3) is 0 Å². The van der Waals surface area contributed by atoms with E-state index < -0.39 is 17.4 Å². The lowest BCUT2D eigenvalue weighted by Gasteiger charge is -2.28. The highest BCUT2D eigenvalue weighted by atomic mass is 16.5. The third kappa shape index (κ3) is 24.8. The van der Waals surface area contributed by atoms with Crippen molar-refractivity contribution in [1.29, 1.82) is 0 Å². The van der Waals surface area contributed by atoms with Gasteiger partial charge < -0.3 is 9.47 Å². The van der Waals surface area contributed by atoms with Gasteiger partial charge in [-0.25, -0.2) is 0 Å². The number of hydrogen-bond donors (Lipinski definition) is 0. The summed E-state index contributed by atoms with van der Waals surface area (Å²) >= 11 is 0. The molecular weight excluding hydrogens is 556 g/mol. The molecule has 0 bridgehead atoms. The Morgan fingerprint density at radius 3 is 1.02 bits per heavy atom. The van der Waals surface area contributed by atoms with Crippen LogP contribution < -0.4 is 0 Å². The van der Waals surface area contributed by atoms with E-state index in [1.807, 2.05) is 0 Å². The molecule has 0 aliphatic carbocycles. The molecule has 0 saturated carbocycles. The van der Waals surface area contributed by atoms with Gasteiger partial charge in [-0.05, 0) is 77.0 Å². The molecule has 0 rings (SSSR count). The second-order valence-electron chi connectivity index (χ2n) is 12.7. The lowest BCUT2D eigenvalue weighted by molar-refractivity contribution is -0.170. The second kappa shape index (κ2) is 33.3. The van der Waals surface area contributed by atoms with E-state index in [0.29, 0.717) is 12.8 Å². The SMILES string of the molecule is CCCCC/C=C\C/C=C\CCCCCCCCC(CCCCCCCC/C=C\C/C=C\CCCCC)(C(=O)OC)C(=O)OC. The lowest BCUT2D eigenvalue weighted by Crippen LogP contribution is -2.41. The van der Waals surface area contributed by atoms with E-state index in [1.54, 1.807) is 0 Å². The zero-order valence-corrected chi connectivity index (χ0v) is 30.1. The molecule has 0 saturated heterocycles. The van der Waals surface area contributed by atoms with Crippen molar-refractivity contribution in [2.24, 2.45) is 5.41 Å². The lowest BCUT2D eigenvalue weighted by atomic mass is 9.77. The molecule has 0 aromatic rings. The average molecular weight is 629 g/mol. The molecule has 0 heterocycles. The number of carbonyl (C=O) groups excluding carboxylic acids is 2. The molecule has 0 aromatic heterocycles. The summed E-state index contributed by atoms with van der Waals surface area (Å²) in [6.07, 6.45) is 47.3. The van der Waals surface area contributed by atoms with E-state index >= 15 is 0 Å². The van der Waals surface area contributed by atoms with Gasteiger partial charge in [-0.3, -0.25) is 9.59 Å². The molecule has 0 amide bonds. The fourth-order valence-electron chi connectivity index (χ4n) is 5.84. The molecule has 0 N–H and O–H groups in total. The van der Waals surface area contributed by atoms with Gasteiger partial charge >= 0.3 is 11.9 Å². The molecule has 0 aliphatic heterocycles. The Labute approximate surface area is 279 Å². The number of unbranched alkanes of at least 4 members (excludes halogenated alkanes) is 18. The number of rotatable bonds is 32. The summed E-state index contributed by atoms with van der Waals surface area (Å²) in [7, 11) is 2.77. The first-order valence-electron chi connectivity index (χ1n) is 18.9. The molecule has 0 spiro atoms. The molecule has 4 heteroatoms. The van der Waals surface area contributed by atoms with Gasteiger partial charge in [-0.1, -0.05) is 152 Å². The molecule has 0 aromatic carbocycles. The maximum atomic E-state index is 12.9. The normalized spacial score (nSPS) is 12.4. The predicted molar refractivity (Wildman–Crippen MR) is 194 cm³/mol. The summed E-state index contributed by atoms with van der Waals surface area (Å²) in [5, 5.41) is 0. The van der Waals surface area contributed by atoms with Crippen LogP contribution in [0.4, 0.5) is 0 Å². The fraction of sp³-hybridized carbons (Fsp3) is 0.756. The highest BCUT2D eigenvalue weighted by Gasteiger charge is 2.47. The fourth-order valence-corrected chi connectivity index (χ4v) is 5.84. The third-order valence-electron chi connectivity index (χ3n) is 8.76. The van der Waals surface area contributed by atoms with Gasteiger partial charge in [0.05, 0.1) is 14.2 Å². The number of methoxy groups -OCH3 is 2. The van der Waals surface area contributed by atoms with Crippen LogP contribution in [0, 0.1) is 5.41 Å². The van der Waals surface area contributed by atoms with Crippen molar-refractivity contribution in [3.05, 3.63) is 48.6 Å². The van der Waals surface area contributed by atoms with E-state index in [0.717, 1.165) is 64.2 Å². The maximum absolute atomic E-state index is 12.9. The van der Waals surface area contributed by atoms with Gasteiger partial charge in [-0.15, -0.1) is 0 Å². The van der Waals surface area contributed by atoms with Gasteiger partial charge in [0, 0.05) is 0 Å². The van der Waals surface area contributed by atoms with Crippen molar-refractivity contribution >= 4 is 11.9 Å².